The molecule has 3 aromatic carbocycles. The highest BCUT2D eigenvalue weighted by molar-refractivity contribution is 6.31. The highest BCUT2D eigenvalue weighted by Gasteiger charge is 2.21. The van der Waals surface area contributed by atoms with Crippen LogP contribution in [-0.2, 0) is 0 Å². The van der Waals surface area contributed by atoms with Crippen molar-refractivity contribution < 1.29 is 9.18 Å². The zero-order valence-electron chi connectivity index (χ0n) is 16.0. The van der Waals surface area contributed by atoms with E-state index in [9.17, 15) is 14.0 Å². The van der Waals surface area contributed by atoms with Crippen LogP contribution in [0.5, 0.6) is 0 Å². The second kappa shape index (κ2) is 8.79. The van der Waals surface area contributed by atoms with E-state index in [1.54, 1.807) is 36.5 Å². The molecule has 0 saturated heterocycles. The predicted molar refractivity (Wildman–Crippen MR) is 121 cm³/mol. The first-order valence-electron chi connectivity index (χ1n) is 9.31. The summed E-state index contributed by atoms with van der Waals surface area (Å²) in [5.74, 6) is -0.649. The molecule has 156 valence electrons. The number of fused-ring (bicyclic) bond motifs is 1. The molecule has 0 aliphatic rings. The molecule has 5 nitrogen and oxygen atoms in total. The van der Waals surface area contributed by atoms with Crippen LogP contribution < -0.4 is 16.1 Å². The van der Waals surface area contributed by atoms with E-state index in [0.29, 0.717) is 27.1 Å². The van der Waals surface area contributed by atoms with Gasteiger partial charge in [-0.2, -0.15) is 0 Å². The van der Waals surface area contributed by atoms with Crippen molar-refractivity contribution in [1.82, 2.24) is 10.3 Å². The topological polar surface area (TPSA) is 74.0 Å². The molecule has 2 amide bonds. The number of hydrogen-bond donors (Lipinski definition) is 3. The number of H-pyrrole nitrogens is 1. The third kappa shape index (κ3) is 4.55. The zero-order chi connectivity index (χ0) is 22.0. The van der Waals surface area contributed by atoms with E-state index in [1.807, 2.05) is 18.2 Å². The van der Waals surface area contributed by atoms with Crippen LogP contribution >= 0.6 is 23.2 Å². The summed E-state index contributed by atoms with van der Waals surface area (Å²) in [4.78, 5) is 28.9. The molecule has 1 unspecified atom stereocenters. The lowest BCUT2D eigenvalue weighted by Gasteiger charge is -2.20. The average Bonchev–Trinajstić information content (AvgIpc) is 2.76. The fraction of sp³-hybridized carbons (Fsp3) is 0.0435. The first-order chi connectivity index (χ1) is 14.9. The predicted octanol–water partition coefficient (Wildman–Crippen LogP) is 5.89. The molecule has 0 radical (unpaired) electrons. The minimum absolute atomic E-state index is 0.0454. The van der Waals surface area contributed by atoms with Gasteiger partial charge in [-0.3, -0.25) is 4.79 Å². The van der Waals surface area contributed by atoms with E-state index < -0.39 is 17.9 Å². The van der Waals surface area contributed by atoms with Crippen LogP contribution in [0.4, 0.5) is 14.9 Å². The summed E-state index contributed by atoms with van der Waals surface area (Å²) in [5, 5.41) is 6.27. The molecule has 0 fully saturated rings. The zero-order valence-corrected chi connectivity index (χ0v) is 17.5. The number of nitrogens with one attached hydrogen (secondary N) is 3. The average molecular weight is 456 g/mol. The number of pyridine rings is 1. The van der Waals surface area contributed by atoms with Gasteiger partial charge in [-0.15, -0.1) is 0 Å². The summed E-state index contributed by atoms with van der Waals surface area (Å²) in [6, 6.07) is 16.6. The van der Waals surface area contributed by atoms with Crippen molar-refractivity contribution in [2.75, 3.05) is 5.32 Å². The van der Waals surface area contributed by atoms with Crippen molar-refractivity contribution in [2.24, 2.45) is 0 Å². The Bertz CT molecular complexity index is 1330. The van der Waals surface area contributed by atoms with Gasteiger partial charge in [0.2, 0.25) is 0 Å². The SMILES string of the molecule is O=C(Nc1ccc(Cl)c(F)c1)NC(c1ccccc1)c1c[nH]c2cc(Cl)ccc2c1=O. The molecule has 0 spiro atoms. The molecular weight excluding hydrogens is 440 g/mol. The van der Waals surface area contributed by atoms with Gasteiger partial charge in [0.15, 0.2) is 5.43 Å². The first-order valence-corrected chi connectivity index (χ1v) is 10.1. The van der Waals surface area contributed by atoms with Crippen molar-refractivity contribution in [3.63, 3.8) is 0 Å². The summed E-state index contributed by atoms with van der Waals surface area (Å²) >= 11 is 11.7. The number of amides is 2. The van der Waals surface area contributed by atoms with Gasteiger partial charge in [-0.25, -0.2) is 9.18 Å². The van der Waals surface area contributed by atoms with Gasteiger partial charge in [-0.1, -0.05) is 53.5 Å². The number of aromatic nitrogens is 1. The molecule has 1 aromatic heterocycles. The van der Waals surface area contributed by atoms with Gasteiger partial charge in [0, 0.05) is 27.9 Å². The summed E-state index contributed by atoms with van der Waals surface area (Å²) in [7, 11) is 0. The van der Waals surface area contributed by atoms with Crippen molar-refractivity contribution in [1.29, 1.82) is 0 Å². The Labute approximate surface area is 186 Å². The summed E-state index contributed by atoms with van der Waals surface area (Å²) in [6.07, 6.45) is 1.56. The van der Waals surface area contributed by atoms with Gasteiger partial charge in [-0.05, 0) is 42.0 Å². The van der Waals surface area contributed by atoms with Gasteiger partial charge < -0.3 is 15.6 Å². The highest BCUT2D eigenvalue weighted by Crippen LogP contribution is 2.23. The highest BCUT2D eigenvalue weighted by atomic mass is 35.5. The van der Waals surface area contributed by atoms with Crippen LogP contribution in [-0.4, -0.2) is 11.0 Å². The van der Waals surface area contributed by atoms with Crippen LogP contribution in [0.25, 0.3) is 10.9 Å². The van der Waals surface area contributed by atoms with Crippen molar-refractivity contribution in [3.8, 4) is 0 Å². The van der Waals surface area contributed by atoms with Gasteiger partial charge in [0.25, 0.3) is 0 Å². The Hall–Kier alpha value is -3.35. The summed E-state index contributed by atoms with van der Waals surface area (Å²) < 4.78 is 13.7. The number of rotatable bonds is 4. The van der Waals surface area contributed by atoms with E-state index >= 15 is 0 Å². The maximum Gasteiger partial charge on any atom is 0.319 e. The maximum absolute atomic E-state index is 13.7. The molecule has 0 bridgehead atoms. The van der Waals surface area contributed by atoms with Gasteiger partial charge >= 0.3 is 6.03 Å². The van der Waals surface area contributed by atoms with E-state index in [1.165, 1.54) is 12.1 Å². The standard InChI is InChI=1S/C23H16Cl2FN3O2/c24-14-6-8-16-20(10-14)27-12-17(22(16)30)21(13-4-2-1-3-5-13)29-23(31)28-15-7-9-18(25)19(26)11-15/h1-12,21H,(H,27,30)(H2,28,29,31). The molecule has 31 heavy (non-hydrogen) atoms. The fourth-order valence-electron chi connectivity index (χ4n) is 3.28. The number of urea groups is 1. The van der Waals surface area contributed by atoms with E-state index in [4.69, 9.17) is 23.2 Å². The van der Waals surface area contributed by atoms with E-state index in [-0.39, 0.29) is 16.1 Å². The number of hydrogen-bond acceptors (Lipinski definition) is 2. The number of halogens is 3. The van der Waals surface area contributed by atoms with Crippen LogP contribution in [0.2, 0.25) is 10.0 Å². The summed E-state index contributed by atoms with van der Waals surface area (Å²) in [6.45, 7) is 0. The molecule has 0 aliphatic heterocycles. The molecule has 8 heteroatoms. The minimum Gasteiger partial charge on any atom is -0.361 e. The first kappa shape index (κ1) is 20.9. The Morgan fingerprint density at radius 1 is 1.00 bits per heavy atom. The van der Waals surface area contributed by atoms with Crippen LogP contribution in [0.1, 0.15) is 17.2 Å². The smallest absolute Gasteiger partial charge is 0.319 e. The largest absolute Gasteiger partial charge is 0.361 e. The van der Waals surface area contributed by atoms with E-state index in [0.717, 1.165) is 6.07 Å². The summed E-state index contributed by atoms with van der Waals surface area (Å²) in [5.41, 5.74) is 1.64. The molecule has 4 rings (SSSR count). The third-order valence-corrected chi connectivity index (χ3v) is 5.31. The molecule has 4 aromatic rings. The molecule has 0 aliphatic carbocycles. The molecule has 3 N–H and O–H groups in total. The number of carbonyl (C=O) groups excluding carboxylic acids is 1. The van der Waals surface area contributed by atoms with Gasteiger partial charge in [0.05, 0.1) is 16.6 Å². The van der Waals surface area contributed by atoms with Crippen molar-refractivity contribution >= 4 is 45.8 Å². The minimum atomic E-state index is -0.748. The van der Waals surface area contributed by atoms with Gasteiger partial charge in [0.1, 0.15) is 5.82 Å². The Morgan fingerprint density at radius 3 is 2.52 bits per heavy atom. The Kier molecular flexibility index (Phi) is 5.93. The Morgan fingerprint density at radius 2 is 1.77 bits per heavy atom. The second-order valence-electron chi connectivity index (χ2n) is 6.83. The lowest BCUT2D eigenvalue weighted by atomic mass is 9.98. The van der Waals surface area contributed by atoms with Crippen molar-refractivity contribution in [2.45, 2.75) is 6.04 Å². The third-order valence-electron chi connectivity index (χ3n) is 4.77. The van der Waals surface area contributed by atoms with Crippen LogP contribution in [0.15, 0.2) is 77.7 Å². The maximum atomic E-state index is 13.7. The fourth-order valence-corrected chi connectivity index (χ4v) is 3.57. The Balaban J connectivity index is 1.70. The molecule has 1 heterocycles. The number of benzene rings is 3. The quantitative estimate of drug-likeness (QED) is 0.359. The number of anilines is 1. The molecular formula is C23H16Cl2FN3O2. The lowest BCUT2D eigenvalue weighted by Crippen LogP contribution is -2.35. The lowest BCUT2D eigenvalue weighted by molar-refractivity contribution is 0.250. The molecule has 1 atom stereocenters. The number of aromatic amines is 1. The monoisotopic (exact) mass is 455 g/mol. The number of carbonyl (C=O) groups is 1. The second-order valence-corrected chi connectivity index (χ2v) is 7.68. The van der Waals surface area contributed by atoms with Crippen molar-refractivity contribution in [3.05, 3.63) is 110 Å². The van der Waals surface area contributed by atoms with Crippen LogP contribution in [0, 0.1) is 5.82 Å². The van der Waals surface area contributed by atoms with E-state index in [2.05, 4.69) is 15.6 Å². The normalized spacial score (nSPS) is 11.8. The van der Waals surface area contributed by atoms with Crippen LogP contribution in [0.3, 0.4) is 0 Å². The molecule has 0 saturated carbocycles.